The van der Waals surface area contributed by atoms with E-state index in [0.29, 0.717) is 12.4 Å². The highest BCUT2D eigenvalue weighted by Crippen LogP contribution is 2.38. The Morgan fingerprint density at radius 3 is 2.78 bits per heavy atom. The van der Waals surface area contributed by atoms with Crippen LogP contribution in [0.5, 0.6) is 0 Å². The topological polar surface area (TPSA) is 68.0 Å². The molecule has 98 valence electrons. The second-order valence-electron chi connectivity index (χ2n) is 4.96. The zero-order valence-electron chi connectivity index (χ0n) is 10.5. The number of pyridine rings is 1. The van der Waals surface area contributed by atoms with E-state index in [0.717, 1.165) is 35.7 Å². The summed E-state index contributed by atoms with van der Waals surface area (Å²) in [6.45, 7) is 2.34. The number of nitrogens with zero attached hydrogens (tertiary/aromatic N) is 1. The first-order valence-corrected chi connectivity index (χ1v) is 7.00. The average molecular weight is 312 g/mol. The monoisotopic (exact) mass is 311 g/mol. The van der Waals surface area contributed by atoms with Gasteiger partial charge in [-0.2, -0.15) is 0 Å². The lowest BCUT2D eigenvalue weighted by atomic mass is 9.85. The summed E-state index contributed by atoms with van der Waals surface area (Å²) in [6.07, 6.45) is 5.61. The van der Waals surface area contributed by atoms with Gasteiger partial charge in [0, 0.05) is 17.2 Å². The molecule has 0 aromatic carbocycles. The zero-order chi connectivity index (χ0) is 13.2. The molecule has 0 radical (unpaired) electrons. The predicted molar refractivity (Wildman–Crippen MR) is 75.3 cm³/mol. The molecular formula is C13H18BrN3O. The second kappa shape index (κ2) is 5.36. The van der Waals surface area contributed by atoms with E-state index in [1.807, 2.05) is 13.0 Å². The zero-order valence-corrected chi connectivity index (χ0v) is 12.1. The molecule has 5 heteroatoms. The van der Waals surface area contributed by atoms with E-state index in [1.54, 1.807) is 6.20 Å². The number of nitrogens with one attached hydrogen (secondary N) is 1. The van der Waals surface area contributed by atoms with Crippen molar-refractivity contribution in [2.24, 2.45) is 11.1 Å². The van der Waals surface area contributed by atoms with Crippen LogP contribution in [0.15, 0.2) is 16.7 Å². The minimum atomic E-state index is -0.388. The number of carbonyl (C=O) groups is 1. The number of halogens is 1. The van der Waals surface area contributed by atoms with Crippen LogP contribution in [0.1, 0.15) is 31.2 Å². The molecule has 1 aromatic rings. The third-order valence-electron chi connectivity index (χ3n) is 3.71. The Kier molecular flexibility index (Phi) is 4.02. The predicted octanol–water partition coefficient (Wildman–Crippen LogP) is 2.61. The normalized spacial score (nSPS) is 17.7. The van der Waals surface area contributed by atoms with Crippen LogP contribution in [0, 0.1) is 12.3 Å². The first kappa shape index (κ1) is 13.5. The fraction of sp³-hybridized carbons (Fsp3) is 0.538. The van der Waals surface area contributed by atoms with E-state index in [2.05, 4.69) is 26.2 Å². The van der Waals surface area contributed by atoms with Gasteiger partial charge in [0.15, 0.2) is 0 Å². The largest absolute Gasteiger partial charge is 0.329 e. The molecule has 18 heavy (non-hydrogen) atoms. The Balaban J connectivity index is 2.15. The van der Waals surface area contributed by atoms with Gasteiger partial charge in [-0.05, 0) is 47.3 Å². The first-order chi connectivity index (χ1) is 8.57. The lowest BCUT2D eigenvalue weighted by molar-refractivity contribution is -0.124. The van der Waals surface area contributed by atoms with Gasteiger partial charge in [0.1, 0.15) is 5.82 Å². The van der Waals surface area contributed by atoms with Gasteiger partial charge < -0.3 is 11.1 Å². The Morgan fingerprint density at radius 2 is 2.22 bits per heavy atom. The van der Waals surface area contributed by atoms with Gasteiger partial charge >= 0.3 is 0 Å². The highest BCUT2D eigenvalue weighted by Gasteiger charge is 2.40. The van der Waals surface area contributed by atoms with Gasteiger partial charge in [-0.25, -0.2) is 4.98 Å². The summed E-state index contributed by atoms with van der Waals surface area (Å²) >= 11 is 3.36. The molecule has 0 unspecified atom stereocenters. The number of aromatic nitrogens is 1. The van der Waals surface area contributed by atoms with E-state index in [1.165, 1.54) is 0 Å². The summed E-state index contributed by atoms with van der Waals surface area (Å²) in [5, 5.41) is 2.92. The Bertz CT molecular complexity index is 456. The molecule has 1 aromatic heterocycles. The van der Waals surface area contributed by atoms with Gasteiger partial charge in [-0.1, -0.05) is 12.8 Å². The van der Waals surface area contributed by atoms with Gasteiger partial charge in [0.2, 0.25) is 5.91 Å². The summed E-state index contributed by atoms with van der Waals surface area (Å²) in [7, 11) is 0. The van der Waals surface area contributed by atoms with Crippen molar-refractivity contribution in [2.45, 2.75) is 32.6 Å². The molecule has 1 saturated carbocycles. The van der Waals surface area contributed by atoms with Crippen LogP contribution in [-0.4, -0.2) is 17.4 Å². The van der Waals surface area contributed by atoms with Crippen LogP contribution < -0.4 is 11.1 Å². The molecule has 0 spiro atoms. The Labute approximate surface area is 115 Å². The average Bonchev–Trinajstić information content (AvgIpc) is 2.82. The number of nitrogens with two attached hydrogens (primary N) is 1. The van der Waals surface area contributed by atoms with Crippen LogP contribution >= 0.6 is 15.9 Å². The van der Waals surface area contributed by atoms with E-state index >= 15 is 0 Å². The van der Waals surface area contributed by atoms with Crippen molar-refractivity contribution in [1.29, 1.82) is 0 Å². The molecule has 1 amide bonds. The van der Waals surface area contributed by atoms with Crippen molar-refractivity contribution < 1.29 is 4.79 Å². The van der Waals surface area contributed by atoms with Crippen molar-refractivity contribution in [1.82, 2.24) is 4.98 Å². The van der Waals surface area contributed by atoms with Crippen molar-refractivity contribution in [3.63, 3.8) is 0 Å². The van der Waals surface area contributed by atoms with Gasteiger partial charge in [-0.15, -0.1) is 0 Å². The molecule has 1 aliphatic rings. The van der Waals surface area contributed by atoms with E-state index in [4.69, 9.17) is 5.73 Å². The summed E-state index contributed by atoms with van der Waals surface area (Å²) in [4.78, 5) is 16.6. The second-order valence-corrected chi connectivity index (χ2v) is 5.88. The molecule has 1 heterocycles. The number of amides is 1. The first-order valence-electron chi connectivity index (χ1n) is 6.21. The standard InChI is InChI=1S/C13H18BrN3O/c1-9-6-10(14)7-16-11(9)17-12(18)13(8-15)4-2-3-5-13/h6-7H,2-5,8,15H2,1H3,(H,16,17,18). The van der Waals surface area contributed by atoms with Gasteiger partial charge in [0.25, 0.3) is 0 Å². The molecule has 0 bridgehead atoms. The molecule has 0 aliphatic heterocycles. The lowest BCUT2D eigenvalue weighted by Gasteiger charge is -2.25. The maximum Gasteiger partial charge on any atom is 0.233 e. The van der Waals surface area contributed by atoms with Crippen LogP contribution in [0.25, 0.3) is 0 Å². The molecule has 0 atom stereocenters. The number of anilines is 1. The highest BCUT2D eigenvalue weighted by molar-refractivity contribution is 9.10. The third-order valence-corrected chi connectivity index (χ3v) is 4.14. The van der Waals surface area contributed by atoms with Crippen LogP contribution in [0.3, 0.4) is 0 Å². The summed E-state index contributed by atoms with van der Waals surface area (Å²) < 4.78 is 0.910. The number of hydrogen-bond donors (Lipinski definition) is 2. The van der Waals surface area contributed by atoms with Crippen molar-refractivity contribution >= 4 is 27.7 Å². The minimum absolute atomic E-state index is 0.0143. The van der Waals surface area contributed by atoms with Gasteiger partial charge in [0.05, 0.1) is 5.41 Å². The highest BCUT2D eigenvalue weighted by atomic mass is 79.9. The molecular weight excluding hydrogens is 294 g/mol. The molecule has 0 saturated heterocycles. The van der Waals surface area contributed by atoms with Crippen LogP contribution in [0.4, 0.5) is 5.82 Å². The van der Waals surface area contributed by atoms with Crippen molar-refractivity contribution in [2.75, 3.05) is 11.9 Å². The molecule has 1 fully saturated rings. The SMILES string of the molecule is Cc1cc(Br)cnc1NC(=O)C1(CN)CCCC1. The molecule has 4 nitrogen and oxygen atoms in total. The quantitative estimate of drug-likeness (QED) is 0.901. The Hall–Kier alpha value is -0.940. The van der Waals surface area contributed by atoms with E-state index in [-0.39, 0.29) is 11.3 Å². The van der Waals surface area contributed by atoms with Crippen LogP contribution in [-0.2, 0) is 4.79 Å². The minimum Gasteiger partial charge on any atom is -0.329 e. The maximum absolute atomic E-state index is 12.4. The Morgan fingerprint density at radius 1 is 1.56 bits per heavy atom. The van der Waals surface area contributed by atoms with E-state index in [9.17, 15) is 4.79 Å². The summed E-state index contributed by atoms with van der Waals surface area (Å²) in [5.74, 6) is 0.642. The number of carbonyl (C=O) groups excluding carboxylic acids is 1. The molecule has 3 N–H and O–H groups in total. The third kappa shape index (κ3) is 2.57. The lowest BCUT2D eigenvalue weighted by Crippen LogP contribution is -2.40. The maximum atomic E-state index is 12.4. The fourth-order valence-electron chi connectivity index (χ4n) is 2.49. The smallest absolute Gasteiger partial charge is 0.233 e. The van der Waals surface area contributed by atoms with Crippen LogP contribution in [0.2, 0.25) is 0 Å². The van der Waals surface area contributed by atoms with Gasteiger partial charge in [-0.3, -0.25) is 4.79 Å². The molecule has 2 rings (SSSR count). The summed E-state index contributed by atoms with van der Waals surface area (Å²) in [6, 6.07) is 1.94. The fourth-order valence-corrected chi connectivity index (χ4v) is 2.93. The molecule has 1 aliphatic carbocycles. The number of rotatable bonds is 3. The number of hydrogen-bond acceptors (Lipinski definition) is 3. The van der Waals surface area contributed by atoms with Crippen molar-refractivity contribution in [3.8, 4) is 0 Å². The number of aryl methyl sites for hydroxylation is 1. The van der Waals surface area contributed by atoms with E-state index < -0.39 is 0 Å². The summed E-state index contributed by atoms with van der Waals surface area (Å²) in [5.41, 5.74) is 6.36. The van der Waals surface area contributed by atoms with Crippen molar-refractivity contribution in [3.05, 3.63) is 22.3 Å².